The average molecular weight is 337 g/mol. The summed E-state index contributed by atoms with van der Waals surface area (Å²) in [4.78, 5) is 1.91. The molecule has 1 aliphatic heterocycles. The Morgan fingerprint density at radius 1 is 1.12 bits per heavy atom. The summed E-state index contributed by atoms with van der Waals surface area (Å²) in [5.74, 6) is -0.691. The molecule has 0 N–H and O–H groups in total. The minimum atomic E-state index is -4.13. The van der Waals surface area contributed by atoms with E-state index in [9.17, 15) is 13.2 Å². The monoisotopic (exact) mass is 337 g/mol. The Balaban J connectivity index is 1.63. The van der Waals surface area contributed by atoms with Gasteiger partial charge in [0.2, 0.25) is 5.95 Å². The van der Waals surface area contributed by atoms with Crippen LogP contribution in [0.5, 0.6) is 0 Å². The van der Waals surface area contributed by atoms with E-state index in [0.29, 0.717) is 31.9 Å². The van der Waals surface area contributed by atoms with Crippen molar-refractivity contribution < 1.29 is 13.2 Å². The number of nitrogens with zero attached hydrogens (tertiary/aromatic N) is 5. The van der Waals surface area contributed by atoms with Gasteiger partial charge in [-0.25, -0.2) is 0 Å². The number of benzene rings is 1. The second-order valence-corrected chi connectivity index (χ2v) is 6.75. The lowest BCUT2D eigenvalue weighted by atomic mass is 9.58. The zero-order valence-corrected chi connectivity index (χ0v) is 13.1. The number of para-hydroxylation sites is 1. The van der Waals surface area contributed by atoms with Crippen molar-refractivity contribution in [3.63, 3.8) is 0 Å². The minimum Gasteiger partial charge on any atom is -0.339 e. The van der Waals surface area contributed by atoms with Crippen molar-refractivity contribution in [3.05, 3.63) is 30.3 Å². The summed E-state index contributed by atoms with van der Waals surface area (Å²) in [5.41, 5.74) is 0.127. The molecule has 5 nitrogen and oxygen atoms in total. The van der Waals surface area contributed by atoms with E-state index in [-0.39, 0.29) is 6.42 Å². The first kappa shape index (κ1) is 15.4. The fourth-order valence-corrected chi connectivity index (χ4v) is 4.10. The van der Waals surface area contributed by atoms with Crippen molar-refractivity contribution in [2.24, 2.45) is 11.3 Å². The van der Waals surface area contributed by atoms with Crippen LogP contribution in [0, 0.1) is 11.3 Å². The number of tetrazole rings is 1. The summed E-state index contributed by atoms with van der Waals surface area (Å²) >= 11 is 0. The summed E-state index contributed by atoms with van der Waals surface area (Å²) in [7, 11) is 0. The fraction of sp³-hybridized carbons (Fsp3) is 0.562. The molecule has 1 saturated carbocycles. The largest absolute Gasteiger partial charge is 0.392 e. The van der Waals surface area contributed by atoms with Gasteiger partial charge >= 0.3 is 6.18 Å². The van der Waals surface area contributed by atoms with E-state index in [4.69, 9.17) is 0 Å². The summed E-state index contributed by atoms with van der Waals surface area (Å²) < 4.78 is 41.8. The van der Waals surface area contributed by atoms with Crippen LogP contribution in [0.3, 0.4) is 0 Å². The molecule has 2 heterocycles. The van der Waals surface area contributed by atoms with Crippen LogP contribution >= 0.6 is 0 Å². The first-order valence-corrected chi connectivity index (χ1v) is 8.15. The second kappa shape index (κ2) is 5.46. The zero-order valence-electron chi connectivity index (χ0n) is 13.1. The number of hydrogen-bond acceptors (Lipinski definition) is 4. The molecule has 0 radical (unpaired) electrons. The van der Waals surface area contributed by atoms with Gasteiger partial charge in [-0.15, -0.1) is 0 Å². The predicted molar refractivity (Wildman–Crippen MR) is 81.8 cm³/mol. The van der Waals surface area contributed by atoms with E-state index in [0.717, 1.165) is 12.1 Å². The van der Waals surface area contributed by atoms with Crippen LogP contribution in [-0.2, 0) is 0 Å². The predicted octanol–water partition coefficient (Wildman–Crippen LogP) is 3.22. The van der Waals surface area contributed by atoms with Gasteiger partial charge in [-0.2, -0.15) is 17.9 Å². The van der Waals surface area contributed by atoms with Gasteiger partial charge < -0.3 is 4.90 Å². The summed E-state index contributed by atoms with van der Waals surface area (Å²) in [6.07, 6.45) is -1.91. The number of piperidine rings is 1. The van der Waals surface area contributed by atoms with Gasteiger partial charge in [0.1, 0.15) is 0 Å². The van der Waals surface area contributed by atoms with Crippen LogP contribution in [0.2, 0.25) is 0 Å². The van der Waals surface area contributed by atoms with Gasteiger partial charge in [0.05, 0.1) is 11.6 Å². The molecular formula is C16H18F3N5. The number of anilines is 1. The smallest absolute Gasteiger partial charge is 0.339 e. The Morgan fingerprint density at radius 3 is 2.50 bits per heavy atom. The normalized spacial score (nSPS) is 23.3. The minimum absolute atomic E-state index is 0.102. The van der Waals surface area contributed by atoms with Crippen LogP contribution in [0.4, 0.5) is 19.1 Å². The maximum Gasteiger partial charge on any atom is 0.392 e. The molecule has 2 fully saturated rings. The van der Waals surface area contributed by atoms with Gasteiger partial charge in [0.15, 0.2) is 0 Å². The van der Waals surface area contributed by atoms with Gasteiger partial charge in [0, 0.05) is 13.1 Å². The number of alkyl halides is 3. The molecule has 1 aromatic heterocycles. The van der Waals surface area contributed by atoms with Crippen molar-refractivity contribution in [1.29, 1.82) is 0 Å². The van der Waals surface area contributed by atoms with Crippen LogP contribution in [-0.4, -0.2) is 39.5 Å². The quantitative estimate of drug-likeness (QED) is 0.844. The molecule has 1 spiro atoms. The lowest BCUT2D eigenvalue weighted by Crippen LogP contribution is -2.57. The zero-order chi connectivity index (χ0) is 16.8. The Bertz CT molecular complexity index is 708. The SMILES string of the molecule is FC(F)(F)C1CCN(c2nnnn2-c2ccccc2)CC12CCC2. The highest BCUT2D eigenvalue weighted by Gasteiger charge is 2.58. The maximum absolute atomic E-state index is 13.4. The van der Waals surface area contributed by atoms with E-state index < -0.39 is 17.5 Å². The molecule has 2 aromatic rings. The van der Waals surface area contributed by atoms with E-state index in [1.54, 1.807) is 4.68 Å². The number of hydrogen-bond donors (Lipinski definition) is 0. The third-order valence-corrected chi connectivity index (χ3v) is 5.41. The van der Waals surface area contributed by atoms with Crippen molar-refractivity contribution >= 4 is 5.95 Å². The van der Waals surface area contributed by atoms with Crippen molar-refractivity contribution in [2.45, 2.75) is 31.9 Å². The number of aromatic nitrogens is 4. The molecular weight excluding hydrogens is 319 g/mol. The Morgan fingerprint density at radius 2 is 1.88 bits per heavy atom. The highest BCUT2D eigenvalue weighted by Crippen LogP contribution is 2.56. The van der Waals surface area contributed by atoms with E-state index in [1.807, 2.05) is 35.2 Å². The lowest BCUT2D eigenvalue weighted by Gasteiger charge is -2.54. The molecule has 24 heavy (non-hydrogen) atoms. The molecule has 1 aromatic carbocycles. The molecule has 128 valence electrons. The molecule has 2 aliphatic rings. The third-order valence-electron chi connectivity index (χ3n) is 5.41. The summed E-state index contributed by atoms with van der Waals surface area (Å²) in [6.45, 7) is 0.684. The van der Waals surface area contributed by atoms with Crippen molar-refractivity contribution in [3.8, 4) is 5.69 Å². The highest BCUT2D eigenvalue weighted by molar-refractivity contribution is 5.41. The number of rotatable bonds is 2. The molecule has 4 rings (SSSR count). The van der Waals surface area contributed by atoms with E-state index in [1.165, 1.54) is 0 Å². The maximum atomic E-state index is 13.4. The van der Waals surface area contributed by atoms with Gasteiger partial charge in [-0.05, 0) is 47.2 Å². The van der Waals surface area contributed by atoms with Gasteiger partial charge in [-0.3, -0.25) is 0 Å². The van der Waals surface area contributed by atoms with Crippen LogP contribution in [0.15, 0.2) is 30.3 Å². The molecule has 1 atom stereocenters. The Hall–Kier alpha value is -2.12. The number of halogens is 3. The standard InChI is InChI=1S/C16H18F3N5/c17-16(18,19)13-7-10-23(11-15(13)8-4-9-15)14-20-21-22-24(14)12-5-2-1-3-6-12/h1-3,5-6,13H,4,7-11H2. The average Bonchev–Trinajstić information content (AvgIpc) is 3.02. The molecule has 0 amide bonds. The van der Waals surface area contributed by atoms with Crippen LogP contribution in [0.1, 0.15) is 25.7 Å². The molecule has 1 unspecified atom stereocenters. The summed E-state index contributed by atoms with van der Waals surface area (Å²) in [5, 5.41) is 11.8. The Kier molecular flexibility index (Phi) is 3.51. The van der Waals surface area contributed by atoms with Crippen LogP contribution < -0.4 is 4.90 Å². The lowest BCUT2D eigenvalue weighted by molar-refractivity contribution is -0.225. The molecule has 0 bridgehead atoms. The first-order valence-electron chi connectivity index (χ1n) is 8.15. The first-order chi connectivity index (χ1) is 11.5. The Labute approximate surface area is 137 Å². The third kappa shape index (κ3) is 2.44. The highest BCUT2D eigenvalue weighted by atomic mass is 19.4. The van der Waals surface area contributed by atoms with Gasteiger partial charge in [-0.1, -0.05) is 29.7 Å². The molecule has 1 saturated heterocycles. The van der Waals surface area contributed by atoms with E-state index >= 15 is 0 Å². The van der Waals surface area contributed by atoms with Crippen LogP contribution in [0.25, 0.3) is 5.69 Å². The molecule has 1 aliphatic carbocycles. The topological polar surface area (TPSA) is 46.8 Å². The fourth-order valence-electron chi connectivity index (χ4n) is 4.10. The molecule has 8 heteroatoms. The van der Waals surface area contributed by atoms with Crippen molar-refractivity contribution in [2.75, 3.05) is 18.0 Å². The van der Waals surface area contributed by atoms with E-state index in [2.05, 4.69) is 15.5 Å². The summed E-state index contributed by atoms with van der Waals surface area (Å²) in [6, 6.07) is 9.41. The second-order valence-electron chi connectivity index (χ2n) is 6.75. The van der Waals surface area contributed by atoms with Crippen molar-refractivity contribution in [1.82, 2.24) is 20.2 Å². The van der Waals surface area contributed by atoms with Gasteiger partial charge in [0.25, 0.3) is 0 Å².